The molecule has 0 aliphatic carbocycles. The Labute approximate surface area is 121 Å². The number of aliphatic hydroxyl groups is 3. The summed E-state index contributed by atoms with van der Waals surface area (Å²) in [5.74, 6) is -8.80. The van der Waals surface area contributed by atoms with E-state index in [9.17, 15) is 32.9 Å². The van der Waals surface area contributed by atoms with Crippen molar-refractivity contribution in [1.29, 1.82) is 0 Å². The summed E-state index contributed by atoms with van der Waals surface area (Å²) in [4.78, 5) is 2.36. The van der Waals surface area contributed by atoms with Gasteiger partial charge in [-0.2, -0.15) is 22.5 Å². The molecule has 2 rings (SSSR count). The van der Waals surface area contributed by atoms with Gasteiger partial charge in [-0.05, 0) is 6.92 Å². The molecule has 124 valence electrons. The van der Waals surface area contributed by atoms with Crippen LogP contribution < -0.4 is 4.74 Å². The molecule has 5 atom stereocenters. The zero-order chi connectivity index (χ0) is 16.6. The Morgan fingerprint density at radius 2 is 1.55 bits per heavy atom. The maximum Gasteiger partial charge on any atom is 0.255 e. The minimum atomic E-state index is -1.89. The van der Waals surface area contributed by atoms with Crippen LogP contribution in [0.3, 0.4) is 0 Å². The van der Waals surface area contributed by atoms with Gasteiger partial charge in [-0.1, -0.05) is 0 Å². The van der Waals surface area contributed by atoms with Crippen LogP contribution in [0.2, 0.25) is 0 Å². The van der Waals surface area contributed by atoms with E-state index in [-0.39, 0.29) is 0 Å². The van der Waals surface area contributed by atoms with E-state index in [1.54, 1.807) is 0 Å². The summed E-state index contributed by atoms with van der Waals surface area (Å²) in [6.45, 7) is 0.672. The molecule has 22 heavy (non-hydrogen) atoms. The van der Waals surface area contributed by atoms with Gasteiger partial charge in [0, 0.05) is 0 Å². The van der Waals surface area contributed by atoms with Gasteiger partial charge in [0.2, 0.25) is 17.4 Å². The SMILES string of the molecule is CC1O[C@H](COc2c(F)c(F)nc(F)c2F)[C@@H](O)[C@H](O)[C@@H]1O. The molecule has 1 saturated heterocycles. The molecule has 6 nitrogen and oxygen atoms in total. The first-order valence-corrected chi connectivity index (χ1v) is 6.26. The predicted molar refractivity (Wildman–Crippen MR) is 61.9 cm³/mol. The normalized spacial score (nSPS) is 32.1. The Balaban J connectivity index is 2.14. The largest absolute Gasteiger partial charge is 0.485 e. The highest BCUT2D eigenvalue weighted by Crippen LogP contribution is 2.26. The molecule has 10 heteroatoms. The van der Waals surface area contributed by atoms with Crippen LogP contribution in [-0.4, -0.2) is 57.4 Å². The number of aromatic nitrogens is 1. The number of nitrogens with zero attached hydrogens (tertiary/aromatic N) is 1. The minimum Gasteiger partial charge on any atom is -0.485 e. The van der Waals surface area contributed by atoms with Crippen molar-refractivity contribution in [3.05, 3.63) is 23.5 Å². The molecular formula is C12H13F4NO5. The fraction of sp³-hybridized carbons (Fsp3) is 0.583. The quantitative estimate of drug-likeness (QED) is 0.530. The summed E-state index contributed by atoms with van der Waals surface area (Å²) < 4.78 is 62.3. The van der Waals surface area contributed by atoms with E-state index in [0.717, 1.165) is 0 Å². The molecule has 0 amide bonds. The van der Waals surface area contributed by atoms with Crippen molar-refractivity contribution >= 4 is 0 Å². The number of hydrogen-bond acceptors (Lipinski definition) is 6. The third kappa shape index (κ3) is 3.00. The zero-order valence-corrected chi connectivity index (χ0v) is 11.2. The predicted octanol–water partition coefficient (Wildman–Crippen LogP) is -0.113. The highest BCUT2D eigenvalue weighted by atomic mass is 19.2. The Morgan fingerprint density at radius 1 is 1.00 bits per heavy atom. The lowest BCUT2D eigenvalue weighted by Crippen LogP contribution is -2.58. The van der Waals surface area contributed by atoms with Gasteiger partial charge in [-0.3, -0.25) is 0 Å². The molecule has 0 aromatic carbocycles. The third-order valence-corrected chi connectivity index (χ3v) is 3.30. The Morgan fingerprint density at radius 3 is 2.09 bits per heavy atom. The Bertz CT molecular complexity index is 535. The summed E-state index contributed by atoms with van der Waals surface area (Å²) in [5.41, 5.74) is 0. The summed E-state index contributed by atoms with van der Waals surface area (Å²) in [6.07, 6.45) is -6.72. The Kier molecular flexibility index (Phi) is 4.85. The lowest BCUT2D eigenvalue weighted by Gasteiger charge is -2.39. The van der Waals surface area contributed by atoms with Gasteiger partial charge in [0.25, 0.3) is 11.9 Å². The minimum absolute atomic E-state index is 0.716. The van der Waals surface area contributed by atoms with E-state index < -0.39 is 66.4 Å². The van der Waals surface area contributed by atoms with Gasteiger partial charge in [0.05, 0.1) is 6.10 Å². The number of rotatable bonds is 3. The summed E-state index contributed by atoms with van der Waals surface area (Å²) in [6, 6.07) is 0. The van der Waals surface area contributed by atoms with E-state index in [2.05, 4.69) is 9.72 Å². The lowest BCUT2D eigenvalue weighted by molar-refractivity contribution is -0.222. The zero-order valence-electron chi connectivity index (χ0n) is 11.2. The number of aliphatic hydroxyl groups excluding tert-OH is 3. The first-order chi connectivity index (χ1) is 10.2. The maximum absolute atomic E-state index is 13.3. The lowest BCUT2D eigenvalue weighted by atomic mass is 9.96. The van der Waals surface area contributed by atoms with Crippen LogP contribution in [-0.2, 0) is 4.74 Å². The second-order valence-electron chi connectivity index (χ2n) is 4.81. The van der Waals surface area contributed by atoms with E-state index in [0.29, 0.717) is 0 Å². The summed E-state index contributed by atoms with van der Waals surface area (Å²) in [7, 11) is 0. The number of halogens is 4. The molecule has 1 unspecified atom stereocenters. The van der Waals surface area contributed by atoms with Crippen molar-refractivity contribution in [2.45, 2.75) is 37.4 Å². The van der Waals surface area contributed by atoms with Crippen LogP contribution in [0, 0.1) is 23.5 Å². The average Bonchev–Trinajstić information content (AvgIpc) is 2.48. The van der Waals surface area contributed by atoms with Crippen LogP contribution >= 0.6 is 0 Å². The van der Waals surface area contributed by atoms with Crippen molar-refractivity contribution in [2.24, 2.45) is 0 Å². The molecule has 2 heterocycles. The second-order valence-corrected chi connectivity index (χ2v) is 4.81. The van der Waals surface area contributed by atoms with Crippen molar-refractivity contribution in [1.82, 2.24) is 4.98 Å². The molecule has 0 radical (unpaired) electrons. The van der Waals surface area contributed by atoms with Crippen LogP contribution in [0.25, 0.3) is 0 Å². The molecule has 1 aliphatic heterocycles. The molecule has 0 bridgehead atoms. The average molecular weight is 327 g/mol. The molecular weight excluding hydrogens is 314 g/mol. The number of pyridine rings is 1. The van der Waals surface area contributed by atoms with Crippen molar-refractivity contribution in [3.63, 3.8) is 0 Å². The maximum atomic E-state index is 13.3. The molecule has 0 spiro atoms. The molecule has 1 aromatic rings. The van der Waals surface area contributed by atoms with Crippen LogP contribution in [0.15, 0.2) is 0 Å². The van der Waals surface area contributed by atoms with Crippen molar-refractivity contribution in [3.8, 4) is 5.75 Å². The number of ether oxygens (including phenoxy) is 2. The third-order valence-electron chi connectivity index (χ3n) is 3.30. The van der Waals surface area contributed by atoms with Crippen LogP contribution in [0.1, 0.15) is 6.92 Å². The van der Waals surface area contributed by atoms with Gasteiger partial charge >= 0.3 is 0 Å². The topological polar surface area (TPSA) is 92.0 Å². The Hall–Kier alpha value is -1.49. The molecule has 1 fully saturated rings. The van der Waals surface area contributed by atoms with Gasteiger partial charge in [-0.15, -0.1) is 0 Å². The summed E-state index contributed by atoms with van der Waals surface area (Å²) in [5, 5.41) is 28.7. The molecule has 0 saturated carbocycles. The van der Waals surface area contributed by atoms with Gasteiger partial charge in [0.1, 0.15) is 31.0 Å². The monoisotopic (exact) mass is 327 g/mol. The first-order valence-electron chi connectivity index (χ1n) is 6.26. The summed E-state index contributed by atoms with van der Waals surface area (Å²) >= 11 is 0. The highest BCUT2D eigenvalue weighted by Gasteiger charge is 2.42. The first kappa shape index (κ1) is 16.9. The van der Waals surface area contributed by atoms with E-state index >= 15 is 0 Å². The number of hydrogen-bond donors (Lipinski definition) is 3. The van der Waals surface area contributed by atoms with Gasteiger partial charge in [-0.25, -0.2) is 0 Å². The standard InChI is InChI=1S/C12H13F4NO5/c1-3-7(18)9(20)8(19)4(22-3)2-21-10-5(13)11(15)17-12(16)6(10)14/h3-4,7-9,18-20H,2H2,1H3/t3?,4-,7-,8-,9-/m1/s1. The van der Waals surface area contributed by atoms with E-state index in [4.69, 9.17) is 4.74 Å². The van der Waals surface area contributed by atoms with E-state index in [1.807, 2.05) is 0 Å². The molecule has 1 aromatic heterocycles. The van der Waals surface area contributed by atoms with E-state index in [1.165, 1.54) is 6.92 Å². The van der Waals surface area contributed by atoms with Crippen molar-refractivity contribution < 1.29 is 42.4 Å². The fourth-order valence-electron chi connectivity index (χ4n) is 2.03. The van der Waals surface area contributed by atoms with Crippen LogP contribution in [0.4, 0.5) is 17.6 Å². The smallest absolute Gasteiger partial charge is 0.255 e. The highest BCUT2D eigenvalue weighted by molar-refractivity contribution is 5.24. The molecule has 3 N–H and O–H groups in total. The van der Waals surface area contributed by atoms with Gasteiger partial charge in [0.15, 0.2) is 0 Å². The van der Waals surface area contributed by atoms with Gasteiger partial charge < -0.3 is 24.8 Å². The molecule has 1 aliphatic rings. The van der Waals surface area contributed by atoms with Crippen molar-refractivity contribution in [2.75, 3.05) is 6.61 Å². The fourth-order valence-corrected chi connectivity index (χ4v) is 2.03. The second kappa shape index (κ2) is 6.32. The van der Waals surface area contributed by atoms with Crippen LogP contribution in [0.5, 0.6) is 5.75 Å².